The van der Waals surface area contributed by atoms with Crippen LogP contribution in [0.3, 0.4) is 0 Å². The third-order valence-electron chi connectivity index (χ3n) is 9.35. The second-order valence-electron chi connectivity index (χ2n) is 17.0. The molecule has 0 saturated heterocycles. The zero-order chi connectivity index (χ0) is 56.1. The summed E-state index contributed by atoms with van der Waals surface area (Å²) in [4.78, 5) is 17.8. The molecular weight excluding hydrogens is 1100 g/mol. The molecule has 0 aliphatic heterocycles. The summed E-state index contributed by atoms with van der Waals surface area (Å²) in [6.07, 6.45) is 2.37. The van der Waals surface area contributed by atoms with Crippen LogP contribution in [0.1, 0.15) is 58.5 Å². The van der Waals surface area contributed by atoms with Crippen LogP contribution >= 0.6 is 0 Å². The molecule has 4 N–H and O–H groups in total. The summed E-state index contributed by atoms with van der Waals surface area (Å²) in [7, 11) is -12.6. The number of nitrogens with two attached hydrogens (primary N) is 2. The average Bonchev–Trinajstić information content (AvgIpc) is 4.09. The Morgan fingerprint density at radius 1 is 0.658 bits per heavy atom. The Bertz CT molecular complexity index is 3750. The molecule has 0 fully saturated rings. The molecule has 0 saturated carbocycles. The first kappa shape index (κ1) is 70.3. The maximum Gasteiger partial charge on any atom is 1.00 e. The van der Waals surface area contributed by atoms with Crippen LogP contribution in [0.15, 0.2) is 79.0 Å². The minimum atomic E-state index is -4.86. The fraction of sp³-hybridized carbons (Fsp3) is 0.256. The molecule has 2 aromatic carbocycles. The van der Waals surface area contributed by atoms with E-state index in [0.29, 0.717) is 11.4 Å². The number of aromatic nitrogens is 11. The second-order valence-corrected chi connectivity index (χ2v) is 20.5. The van der Waals surface area contributed by atoms with Gasteiger partial charge in [0.25, 0.3) is 17.6 Å². The summed E-state index contributed by atoms with van der Waals surface area (Å²) in [6.45, 7) is 18.8. The van der Waals surface area contributed by atoms with E-state index in [1.807, 2.05) is 47.6 Å². The zero-order valence-corrected chi connectivity index (χ0v) is 47.1. The van der Waals surface area contributed by atoms with Crippen LogP contribution in [-0.4, -0.2) is 119 Å². The van der Waals surface area contributed by atoms with Gasteiger partial charge < -0.3 is 25.5 Å². The summed E-state index contributed by atoms with van der Waals surface area (Å²) in [6, 6.07) is 13.9. The largest absolute Gasteiger partial charge is 1.00 e. The van der Waals surface area contributed by atoms with Crippen LogP contribution < -0.4 is 91.8 Å². The Labute approximate surface area is 501 Å². The topological polar surface area (TPSA) is 460 Å². The van der Waals surface area contributed by atoms with Gasteiger partial charge in [-0.15, -0.1) is 57.8 Å². The van der Waals surface area contributed by atoms with Gasteiger partial charge in [-0.05, 0) is 11.4 Å². The van der Waals surface area contributed by atoms with Crippen LogP contribution in [-0.2, 0) is 52.3 Å². The van der Waals surface area contributed by atoms with Crippen molar-refractivity contribution in [1.29, 1.82) is 5.26 Å². The zero-order valence-electron chi connectivity index (χ0n) is 43.9. The molecule has 0 bridgehead atoms. The number of nitrogens with zero attached hydrogens (tertiary/aromatic N) is 18. The molecule has 0 unspecified atom stereocenters. The molecule has 392 valence electrons. The van der Waals surface area contributed by atoms with Gasteiger partial charge in [-0.1, -0.05) is 51.3 Å². The number of hydrogen-bond acceptors (Lipinski definition) is 27. The summed E-state index contributed by atoms with van der Waals surface area (Å²) in [5.74, 6) is -0.583. The summed E-state index contributed by atoms with van der Waals surface area (Å²) >= 11 is 0. The number of nitrogen functional groups attached to an aromatic ring is 2. The third kappa shape index (κ3) is 17.2. The standard InChI is InChI=1S/C39H38N20O6S2.4Li.2O3S/c1-38(2,3)29-27(49-51-33-21(18-40)19-44-56(33)22-12-10-14-24(16-22)66(60,61)62)31(41)58(53-29)36-46-35(55(8)9)47-37(48-36)59-32(42)28(30(54-59)39(4,5)6)50-52-34-26(43-7)20-45-57(34)23-13-11-15-25(17-23)67(63,64)65;;;;;2*1-4(2)3/h12-17,19-20H,41-42H2,1-6,8-9H3,(H,60,61,62)(H,63,64,65);;;;;;/q-2;4*+1;;/p-2. The first-order chi connectivity index (χ1) is 34.8. The Morgan fingerprint density at radius 2 is 1.04 bits per heavy atom. The Kier molecular flexibility index (Phi) is 24.9. The molecule has 0 aliphatic carbocycles. The van der Waals surface area contributed by atoms with Gasteiger partial charge >= 0.3 is 96.7 Å². The van der Waals surface area contributed by atoms with E-state index in [-0.39, 0.29) is 151 Å². The summed E-state index contributed by atoms with van der Waals surface area (Å²) in [5.41, 5.74) is 12.8. The first-order valence-corrected chi connectivity index (χ1v) is 25.1. The monoisotopic (exact) mass is 1130 g/mol. The fourth-order valence-electron chi connectivity index (χ4n) is 6.10. The van der Waals surface area contributed by atoms with E-state index in [0.717, 1.165) is 33.6 Å². The van der Waals surface area contributed by atoms with Gasteiger partial charge in [0.1, 0.15) is 11.6 Å². The molecule has 0 atom stereocenters. The van der Waals surface area contributed by atoms with Gasteiger partial charge in [0.15, 0.2) is 34.6 Å². The van der Waals surface area contributed by atoms with Crippen molar-refractivity contribution in [3.05, 3.63) is 89.3 Å². The normalized spacial score (nSPS) is 11.2. The molecule has 5 heterocycles. The second kappa shape index (κ2) is 28.0. The van der Waals surface area contributed by atoms with Crippen molar-refractivity contribution in [1.82, 2.24) is 54.1 Å². The molecule has 0 aliphatic rings. The van der Waals surface area contributed by atoms with Gasteiger partial charge in [0.2, 0.25) is 5.95 Å². The van der Waals surface area contributed by atoms with Crippen molar-refractivity contribution < 1.29 is 127 Å². The van der Waals surface area contributed by atoms with Gasteiger partial charge in [-0.3, -0.25) is 26.2 Å². The van der Waals surface area contributed by atoms with E-state index >= 15 is 0 Å². The Hall–Kier alpha value is -6.68. The SMILES string of the molecule is O=S(=O)=O.O=S(=O)=O.[C-]#[N+]c1cnn(-c2c[c-]cc(S(=O)(=O)[O-])c2)c1N=Nc1c(C(C)(C)C)nn(-c2nc(N(C)C)nc(-n3nc(C(C)(C)C)c(N=Nc4c(C#N)cnn4-c4c[c-]cc(S(=O)(=O)[O-])c4)c3N)n2)c1N.[Li+].[Li+].[Li+].[Li+]. The van der Waals surface area contributed by atoms with Crippen LogP contribution in [0.4, 0.5) is 46.3 Å². The molecular formula is C39H36Li4N20O12S4. The van der Waals surface area contributed by atoms with Crippen molar-refractivity contribution in [3.63, 3.8) is 0 Å². The van der Waals surface area contributed by atoms with Crippen LogP contribution in [0.2, 0.25) is 0 Å². The van der Waals surface area contributed by atoms with Crippen molar-refractivity contribution in [2.75, 3.05) is 30.5 Å². The molecule has 79 heavy (non-hydrogen) atoms. The van der Waals surface area contributed by atoms with Crippen LogP contribution in [0, 0.1) is 30.0 Å². The Balaban J connectivity index is 0.00000243. The van der Waals surface area contributed by atoms with Crippen molar-refractivity contribution in [2.45, 2.75) is 62.2 Å². The average molecular weight is 1130 g/mol. The van der Waals surface area contributed by atoms with E-state index < -0.39 is 62.1 Å². The third-order valence-corrected chi connectivity index (χ3v) is 11.0. The van der Waals surface area contributed by atoms with E-state index in [4.69, 9.17) is 53.5 Å². The van der Waals surface area contributed by atoms with Crippen molar-refractivity contribution >= 4 is 87.7 Å². The molecule has 32 nitrogen and oxygen atoms in total. The van der Waals surface area contributed by atoms with Crippen molar-refractivity contribution in [2.24, 2.45) is 20.5 Å². The minimum Gasteiger partial charge on any atom is -0.754 e. The van der Waals surface area contributed by atoms with E-state index in [1.165, 1.54) is 33.9 Å². The number of hydrogen-bond donors (Lipinski definition) is 2. The molecule has 7 aromatic rings. The number of nitriles is 1. The molecule has 5 aromatic heterocycles. The Morgan fingerprint density at radius 3 is 1.39 bits per heavy atom. The smallest absolute Gasteiger partial charge is 0.754 e. The van der Waals surface area contributed by atoms with E-state index in [2.05, 4.69) is 62.6 Å². The predicted octanol–water partition coefficient (Wildman–Crippen LogP) is -8.89. The molecule has 0 amide bonds. The van der Waals surface area contributed by atoms with E-state index in [1.54, 1.807) is 19.0 Å². The maximum atomic E-state index is 11.8. The summed E-state index contributed by atoms with van der Waals surface area (Å²) < 4.78 is 126. The fourth-order valence-corrected chi connectivity index (χ4v) is 7.05. The molecule has 0 spiro atoms. The first-order valence-electron chi connectivity index (χ1n) is 20.3. The molecule has 0 radical (unpaired) electrons. The quantitative estimate of drug-likeness (QED) is 0.0526. The van der Waals surface area contributed by atoms with Gasteiger partial charge in [-0.2, -0.15) is 86.4 Å². The van der Waals surface area contributed by atoms with E-state index in [9.17, 15) is 31.2 Å². The molecule has 40 heteroatoms. The van der Waals surface area contributed by atoms with Gasteiger partial charge in [0, 0.05) is 24.9 Å². The maximum absolute atomic E-state index is 11.8. The molecule has 7 rings (SSSR count). The van der Waals surface area contributed by atoms with Crippen LogP contribution in [0.5, 0.6) is 0 Å². The van der Waals surface area contributed by atoms with Crippen molar-refractivity contribution in [3.8, 4) is 29.3 Å². The number of anilines is 3. The van der Waals surface area contributed by atoms with Gasteiger partial charge in [0.05, 0.1) is 50.6 Å². The minimum absolute atomic E-state index is 0. The summed E-state index contributed by atoms with van der Waals surface area (Å²) in [5, 5.41) is 45.2. The number of rotatable bonds is 11. The number of benzene rings is 2. The van der Waals surface area contributed by atoms with Gasteiger partial charge in [-0.25, -0.2) is 4.85 Å². The van der Waals surface area contributed by atoms with Crippen LogP contribution in [0.25, 0.3) is 28.1 Å². The predicted molar refractivity (Wildman–Crippen MR) is 254 cm³/mol. The number of azo groups is 2.